The SMILES string of the molecule is C=C1CCC[C@@]2(C)C1=CCC(C)=C2CCO. The van der Waals surface area contributed by atoms with Crippen LogP contribution in [-0.4, -0.2) is 11.7 Å². The molecule has 1 N–H and O–H groups in total. The Hall–Kier alpha value is -0.820. The van der Waals surface area contributed by atoms with Crippen molar-refractivity contribution >= 4 is 0 Å². The molecule has 1 fully saturated rings. The number of aliphatic hydroxyl groups excluding tert-OH is 1. The quantitative estimate of drug-likeness (QED) is 0.700. The van der Waals surface area contributed by atoms with Gasteiger partial charge in [-0.05, 0) is 44.6 Å². The predicted octanol–water partition coefficient (Wildman–Crippen LogP) is 3.76. The molecule has 0 unspecified atom stereocenters. The monoisotopic (exact) mass is 218 g/mol. The smallest absolute Gasteiger partial charge is 0.0468 e. The molecule has 88 valence electrons. The van der Waals surface area contributed by atoms with Gasteiger partial charge in [0.05, 0.1) is 0 Å². The first-order valence-electron chi connectivity index (χ1n) is 6.28. The topological polar surface area (TPSA) is 20.2 Å². The molecule has 0 radical (unpaired) electrons. The Morgan fingerprint density at radius 1 is 1.50 bits per heavy atom. The normalized spacial score (nSPS) is 30.2. The Morgan fingerprint density at radius 3 is 2.94 bits per heavy atom. The molecule has 2 rings (SSSR count). The van der Waals surface area contributed by atoms with Crippen LogP contribution in [-0.2, 0) is 0 Å². The van der Waals surface area contributed by atoms with E-state index in [1.54, 1.807) is 0 Å². The number of fused-ring (bicyclic) bond motifs is 1. The summed E-state index contributed by atoms with van der Waals surface area (Å²) in [6.45, 7) is 9.02. The fourth-order valence-electron chi connectivity index (χ4n) is 3.45. The van der Waals surface area contributed by atoms with Crippen LogP contribution in [0.3, 0.4) is 0 Å². The Balaban J connectivity index is 2.41. The van der Waals surface area contributed by atoms with Gasteiger partial charge < -0.3 is 5.11 Å². The molecule has 16 heavy (non-hydrogen) atoms. The summed E-state index contributed by atoms with van der Waals surface area (Å²) in [4.78, 5) is 0. The van der Waals surface area contributed by atoms with E-state index in [0.29, 0.717) is 0 Å². The molecule has 2 aliphatic carbocycles. The van der Waals surface area contributed by atoms with Gasteiger partial charge in [0.15, 0.2) is 0 Å². The number of aliphatic hydroxyl groups is 1. The van der Waals surface area contributed by atoms with Crippen LogP contribution >= 0.6 is 0 Å². The zero-order valence-corrected chi connectivity index (χ0v) is 10.5. The Morgan fingerprint density at radius 2 is 2.25 bits per heavy atom. The average molecular weight is 218 g/mol. The number of hydrogen-bond acceptors (Lipinski definition) is 1. The molecule has 1 heteroatoms. The third-order valence-corrected chi connectivity index (χ3v) is 4.29. The van der Waals surface area contributed by atoms with Gasteiger partial charge in [0, 0.05) is 12.0 Å². The van der Waals surface area contributed by atoms with Gasteiger partial charge in [-0.25, -0.2) is 0 Å². The molecule has 1 atom stereocenters. The van der Waals surface area contributed by atoms with Gasteiger partial charge in [0.25, 0.3) is 0 Å². The summed E-state index contributed by atoms with van der Waals surface area (Å²) in [5.41, 5.74) is 5.85. The highest BCUT2D eigenvalue weighted by atomic mass is 16.2. The van der Waals surface area contributed by atoms with Crippen LogP contribution in [0, 0.1) is 5.41 Å². The maximum Gasteiger partial charge on any atom is 0.0468 e. The van der Waals surface area contributed by atoms with Gasteiger partial charge in [-0.15, -0.1) is 0 Å². The number of rotatable bonds is 2. The summed E-state index contributed by atoms with van der Waals surface area (Å²) in [5.74, 6) is 0. The van der Waals surface area contributed by atoms with Crippen LogP contribution in [0.25, 0.3) is 0 Å². The summed E-state index contributed by atoms with van der Waals surface area (Å²) < 4.78 is 0. The first-order chi connectivity index (χ1) is 7.59. The second kappa shape index (κ2) is 4.21. The maximum absolute atomic E-state index is 9.23. The molecule has 1 saturated carbocycles. The molecule has 2 aliphatic rings. The largest absolute Gasteiger partial charge is 0.396 e. The van der Waals surface area contributed by atoms with Crippen LogP contribution < -0.4 is 0 Å². The lowest BCUT2D eigenvalue weighted by Gasteiger charge is -2.43. The van der Waals surface area contributed by atoms with Gasteiger partial charge in [0.1, 0.15) is 0 Å². The highest BCUT2D eigenvalue weighted by Gasteiger charge is 2.38. The lowest BCUT2D eigenvalue weighted by Crippen LogP contribution is -2.30. The Labute approximate surface area is 98.6 Å². The van der Waals surface area contributed by atoms with Gasteiger partial charge >= 0.3 is 0 Å². The molecule has 0 aromatic carbocycles. The van der Waals surface area contributed by atoms with E-state index in [9.17, 15) is 5.11 Å². The minimum absolute atomic E-state index is 0.167. The van der Waals surface area contributed by atoms with Crippen molar-refractivity contribution in [2.75, 3.05) is 6.61 Å². The summed E-state index contributed by atoms with van der Waals surface area (Å²) in [7, 11) is 0. The van der Waals surface area contributed by atoms with Gasteiger partial charge in [-0.2, -0.15) is 0 Å². The second-order valence-corrected chi connectivity index (χ2v) is 5.34. The lowest BCUT2D eigenvalue weighted by molar-refractivity contribution is 0.278. The van der Waals surface area contributed by atoms with Crippen LogP contribution in [0.1, 0.15) is 46.0 Å². The zero-order valence-electron chi connectivity index (χ0n) is 10.5. The molecule has 0 aliphatic heterocycles. The summed E-state index contributed by atoms with van der Waals surface area (Å²) >= 11 is 0. The summed E-state index contributed by atoms with van der Waals surface area (Å²) in [6.07, 6.45) is 7.82. The molecular formula is C15H22O. The van der Waals surface area contributed by atoms with E-state index in [1.165, 1.54) is 35.1 Å². The van der Waals surface area contributed by atoms with E-state index in [1.807, 2.05) is 0 Å². The number of allylic oxidation sites excluding steroid dienone is 4. The van der Waals surface area contributed by atoms with Crippen molar-refractivity contribution in [3.8, 4) is 0 Å². The molecule has 0 aromatic heterocycles. The van der Waals surface area contributed by atoms with Crippen molar-refractivity contribution in [3.05, 3.63) is 34.9 Å². The molecular weight excluding hydrogens is 196 g/mol. The second-order valence-electron chi connectivity index (χ2n) is 5.34. The van der Waals surface area contributed by atoms with Gasteiger partial charge in [-0.3, -0.25) is 0 Å². The standard InChI is InChI=1S/C15H22O/c1-11-5-4-9-15(3)13(11)7-6-12(2)14(15)8-10-16/h7,16H,1,4-6,8-10H2,2-3H3/t15-/m0/s1. The zero-order chi connectivity index (χ0) is 11.8. The van der Waals surface area contributed by atoms with Gasteiger partial charge in [0.2, 0.25) is 0 Å². The molecule has 0 aromatic rings. The first kappa shape index (κ1) is 11.7. The highest BCUT2D eigenvalue weighted by molar-refractivity contribution is 5.48. The Bertz CT molecular complexity index is 373. The van der Waals surface area contributed by atoms with Crippen LogP contribution in [0.4, 0.5) is 0 Å². The molecule has 0 amide bonds. The lowest BCUT2D eigenvalue weighted by atomic mass is 9.61. The van der Waals surface area contributed by atoms with Crippen molar-refractivity contribution in [1.29, 1.82) is 0 Å². The minimum atomic E-state index is 0.167. The first-order valence-corrected chi connectivity index (χ1v) is 6.28. The fourth-order valence-corrected chi connectivity index (χ4v) is 3.45. The van der Waals surface area contributed by atoms with Crippen molar-refractivity contribution in [3.63, 3.8) is 0 Å². The van der Waals surface area contributed by atoms with E-state index in [0.717, 1.165) is 19.3 Å². The molecule has 0 bridgehead atoms. The summed E-state index contributed by atoms with van der Waals surface area (Å²) in [5, 5.41) is 9.23. The van der Waals surface area contributed by atoms with Crippen molar-refractivity contribution in [1.82, 2.24) is 0 Å². The van der Waals surface area contributed by atoms with E-state index in [2.05, 4.69) is 26.5 Å². The summed E-state index contributed by atoms with van der Waals surface area (Å²) in [6, 6.07) is 0. The van der Waals surface area contributed by atoms with Crippen LogP contribution in [0.2, 0.25) is 0 Å². The highest BCUT2D eigenvalue weighted by Crippen LogP contribution is 2.52. The van der Waals surface area contributed by atoms with Gasteiger partial charge in [-0.1, -0.05) is 36.3 Å². The number of hydrogen-bond donors (Lipinski definition) is 1. The van der Waals surface area contributed by atoms with E-state index >= 15 is 0 Å². The van der Waals surface area contributed by atoms with E-state index < -0.39 is 0 Å². The van der Waals surface area contributed by atoms with E-state index in [-0.39, 0.29) is 12.0 Å². The maximum atomic E-state index is 9.23. The average Bonchev–Trinajstić information content (AvgIpc) is 2.23. The third kappa shape index (κ3) is 1.67. The predicted molar refractivity (Wildman–Crippen MR) is 68.2 cm³/mol. The van der Waals surface area contributed by atoms with Crippen molar-refractivity contribution in [2.24, 2.45) is 5.41 Å². The molecule has 0 saturated heterocycles. The molecule has 1 nitrogen and oxygen atoms in total. The van der Waals surface area contributed by atoms with Crippen LogP contribution in [0.5, 0.6) is 0 Å². The van der Waals surface area contributed by atoms with Crippen molar-refractivity contribution in [2.45, 2.75) is 46.0 Å². The Kier molecular flexibility index (Phi) is 3.07. The molecule has 0 spiro atoms. The minimum Gasteiger partial charge on any atom is -0.396 e. The van der Waals surface area contributed by atoms with E-state index in [4.69, 9.17) is 0 Å². The molecule has 0 heterocycles. The van der Waals surface area contributed by atoms with Crippen molar-refractivity contribution < 1.29 is 5.11 Å². The fraction of sp³-hybridized carbons (Fsp3) is 0.600. The third-order valence-electron chi connectivity index (χ3n) is 4.29. The van der Waals surface area contributed by atoms with Crippen LogP contribution in [0.15, 0.2) is 34.9 Å².